The Morgan fingerprint density at radius 3 is 2.43 bits per heavy atom. The number of aromatic nitrogens is 3. The van der Waals surface area contributed by atoms with Gasteiger partial charge in [0.05, 0.1) is 6.61 Å². The zero-order valence-electron chi connectivity index (χ0n) is 19.7. The highest BCUT2D eigenvalue weighted by Gasteiger charge is 2.37. The van der Waals surface area contributed by atoms with Gasteiger partial charge in [-0.05, 0) is 61.9 Å². The number of hydrogen-bond acceptors (Lipinski definition) is 6. The van der Waals surface area contributed by atoms with Crippen LogP contribution in [0.3, 0.4) is 0 Å². The molecule has 0 saturated heterocycles. The molecule has 37 heavy (non-hydrogen) atoms. The minimum Gasteiger partial charge on any atom is -0.449 e. The third kappa shape index (κ3) is 4.92. The summed E-state index contributed by atoms with van der Waals surface area (Å²) in [6.07, 6.45) is 3.31. The van der Waals surface area contributed by atoms with Crippen molar-refractivity contribution in [1.82, 2.24) is 14.8 Å². The Bertz CT molecular complexity index is 1560. The number of benzene rings is 2. The lowest BCUT2D eigenvalue weighted by atomic mass is 10.0. The van der Waals surface area contributed by atoms with E-state index in [-0.39, 0.29) is 22.2 Å². The fraction of sp³-hybridized carbons (Fsp3) is 0.160. The van der Waals surface area contributed by atoms with Gasteiger partial charge in [-0.1, -0.05) is 6.07 Å². The largest absolute Gasteiger partial charge is 0.449 e. The van der Waals surface area contributed by atoms with Gasteiger partial charge in [-0.15, -0.1) is 0 Å². The molecule has 1 amide bonds. The summed E-state index contributed by atoms with van der Waals surface area (Å²) in [4.78, 5) is 15.6. The van der Waals surface area contributed by atoms with Gasteiger partial charge in [-0.3, -0.25) is 9.67 Å². The third-order valence-corrected chi connectivity index (χ3v) is 7.07. The Morgan fingerprint density at radius 1 is 1.03 bits per heavy atom. The average Bonchev–Trinajstić information content (AvgIpc) is 3.31. The molecule has 2 aromatic carbocycles. The Morgan fingerprint density at radius 2 is 1.76 bits per heavy atom. The van der Waals surface area contributed by atoms with Crippen molar-refractivity contribution in [1.29, 1.82) is 0 Å². The van der Waals surface area contributed by atoms with Crippen molar-refractivity contribution in [2.24, 2.45) is 0 Å². The Kier molecular flexibility index (Phi) is 7.30. The summed E-state index contributed by atoms with van der Waals surface area (Å²) in [5, 5.41) is 4.43. The van der Waals surface area contributed by atoms with E-state index in [9.17, 15) is 22.0 Å². The predicted octanol–water partition coefficient (Wildman–Crippen LogP) is 5.40. The molecule has 12 heteroatoms. The summed E-state index contributed by atoms with van der Waals surface area (Å²) in [5.41, 5.74) is 0.505. The van der Waals surface area contributed by atoms with Crippen LogP contribution in [-0.4, -0.2) is 35.9 Å². The first-order chi connectivity index (χ1) is 17.7. The molecule has 4 aromatic rings. The molecule has 0 saturated carbocycles. The molecule has 0 aliphatic rings. The normalized spacial score (nSPS) is 11.4. The van der Waals surface area contributed by atoms with Crippen molar-refractivity contribution >= 4 is 21.8 Å². The van der Waals surface area contributed by atoms with Gasteiger partial charge in [0.25, 0.3) is 10.0 Å². The van der Waals surface area contributed by atoms with Gasteiger partial charge in [-0.25, -0.2) is 26.4 Å². The van der Waals surface area contributed by atoms with Crippen molar-refractivity contribution < 1.29 is 31.1 Å². The highest BCUT2D eigenvalue weighted by Crippen LogP contribution is 2.37. The topological polar surface area (TPSA) is 94.4 Å². The first kappa shape index (κ1) is 25.9. The molecule has 192 valence electrons. The van der Waals surface area contributed by atoms with E-state index in [1.165, 1.54) is 19.1 Å². The van der Waals surface area contributed by atoms with E-state index < -0.39 is 44.2 Å². The zero-order chi connectivity index (χ0) is 26.7. The molecular formula is C25H21F3N4O4S. The molecule has 0 spiro atoms. The van der Waals surface area contributed by atoms with Crippen LogP contribution in [0.25, 0.3) is 22.4 Å². The van der Waals surface area contributed by atoms with Gasteiger partial charge < -0.3 is 4.74 Å². The summed E-state index contributed by atoms with van der Waals surface area (Å²) in [5.74, 6) is -3.52. The van der Waals surface area contributed by atoms with Crippen LogP contribution in [-0.2, 0) is 21.3 Å². The number of ether oxygens (including phenoxy) is 1. The highest BCUT2D eigenvalue weighted by atomic mass is 32.2. The van der Waals surface area contributed by atoms with Crippen LogP contribution in [0.4, 0.5) is 23.7 Å². The minimum absolute atomic E-state index is 0.0177. The van der Waals surface area contributed by atoms with E-state index in [1.807, 2.05) is 6.92 Å². The Hall–Kier alpha value is -4.19. The van der Waals surface area contributed by atoms with Crippen LogP contribution in [0.2, 0.25) is 0 Å². The average molecular weight is 531 g/mol. The lowest BCUT2D eigenvalue weighted by Crippen LogP contribution is -2.38. The minimum atomic E-state index is -5.14. The van der Waals surface area contributed by atoms with Gasteiger partial charge in [0, 0.05) is 36.3 Å². The van der Waals surface area contributed by atoms with Gasteiger partial charge >= 0.3 is 6.09 Å². The van der Waals surface area contributed by atoms with Gasteiger partial charge in [0.1, 0.15) is 27.9 Å². The van der Waals surface area contributed by atoms with Crippen molar-refractivity contribution in [3.8, 4) is 22.4 Å². The smallest absolute Gasteiger partial charge is 0.428 e. The first-order valence-electron chi connectivity index (χ1n) is 11.1. The van der Waals surface area contributed by atoms with Gasteiger partial charge in [-0.2, -0.15) is 9.40 Å². The molecule has 0 atom stereocenters. The van der Waals surface area contributed by atoms with Crippen LogP contribution in [0.5, 0.6) is 0 Å². The summed E-state index contributed by atoms with van der Waals surface area (Å²) < 4.78 is 77.6. The number of nitrogens with zero attached hydrogens (tertiary/aromatic N) is 4. The molecule has 4 rings (SSSR count). The van der Waals surface area contributed by atoms with Crippen LogP contribution >= 0.6 is 0 Å². The quantitative estimate of drug-likeness (QED) is 0.318. The summed E-state index contributed by atoms with van der Waals surface area (Å²) in [6, 6.07) is 8.82. The number of hydrogen-bond donors (Lipinski definition) is 0. The lowest BCUT2D eigenvalue weighted by Gasteiger charge is -2.23. The number of aryl methyl sites for hydroxylation is 1. The standard InChI is InChI=1S/C25H21F3N4O4S/c1-3-31-15-19(16-10-12-29-13-11-16)24(30-31)18-6-5-7-21(23(18)28)32(25(33)36-4-2)37(34,35)22-14-17(26)8-9-20(22)27/h5-15H,3-4H2,1-2H3. The van der Waals surface area contributed by atoms with E-state index in [1.54, 1.807) is 35.4 Å². The van der Waals surface area contributed by atoms with Crippen LogP contribution < -0.4 is 4.31 Å². The number of halogens is 3. The number of pyridine rings is 1. The number of carbonyl (C=O) groups is 1. The molecule has 2 heterocycles. The number of carbonyl (C=O) groups excluding carboxylic acids is 1. The van der Waals surface area contributed by atoms with E-state index >= 15 is 4.39 Å². The van der Waals surface area contributed by atoms with Crippen molar-refractivity contribution in [2.45, 2.75) is 25.3 Å². The fourth-order valence-electron chi connectivity index (χ4n) is 3.67. The number of anilines is 1. The van der Waals surface area contributed by atoms with Crippen LogP contribution in [0.15, 0.2) is 72.0 Å². The zero-order valence-corrected chi connectivity index (χ0v) is 20.5. The predicted molar refractivity (Wildman–Crippen MR) is 130 cm³/mol. The molecule has 0 fully saturated rings. The maximum atomic E-state index is 16.1. The molecule has 0 aliphatic carbocycles. The first-order valence-corrected chi connectivity index (χ1v) is 12.6. The van der Waals surface area contributed by atoms with Crippen molar-refractivity contribution in [3.05, 3.63) is 84.6 Å². The van der Waals surface area contributed by atoms with E-state index in [4.69, 9.17) is 4.74 Å². The van der Waals surface area contributed by atoms with Gasteiger partial charge in [0.2, 0.25) is 0 Å². The Balaban J connectivity index is 1.94. The molecular weight excluding hydrogens is 509 g/mol. The van der Waals surface area contributed by atoms with Crippen molar-refractivity contribution in [2.75, 3.05) is 10.9 Å². The fourth-order valence-corrected chi connectivity index (χ4v) is 5.09. The van der Waals surface area contributed by atoms with Crippen molar-refractivity contribution in [3.63, 3.8) is 0 Å². The lowest BCUT2D eigenvalue weighted by molar-refractivity contribution is 0.164. The van der Waals surface area contributed by atoms with E-state index in [0.717, 1.165) is 12.1 Å². The molecule has 8 nitrogen and oxygen atoms in total. The number of rotatable bonds is 7. The number of amides is 1. The molecule has 0 unspecified atom stereocenters. The SMILES string of the molecule is CCOC(=O)N(c1cccc(-c2nn(CC)cc2-c2ccncc2)c1F)S(=O)(=O)c1cc(F)ccc1F. The molecule has 0 N–H and O–H groups in total. The van der Waals surface area contributed by atoms with Crippen LogP contribution in [0, 0.1) is 17.5 Å². The van der Waals surface area contributed by atoms with Crippen LogP contribution in [0.1, 0.15) is 13.8 Å². The second kappa shape index (κ2) is 10.4. The monoisotopic (exact) mass is 530 g/mol. The Labute approximate surface area is 211 Å². The number of sulfonamides is 1. The van der Waals surface area contributed by atoms with E-state index in [0.29, 0.717) is 29.8 Å². The molecule has 2 aromatic heterocycles. The van der Waals surface area contributed by atoms with Gasteiger partial charge in [0.15, 0.2) is 5.82 Å². The third-order valence-electron chi connectivity index (χ3n) is 5.37. The van der Waals surface area contributed by atoms with E-state index in [2.05, 4.69) is 10.1 Å². The summed E-state index contributed by atoms with van der Waals surface area (Å²) in [7, 11) is -5.14. The molecule has 0 aliphatic heterocycles. The summed E-state index contributed by atoms with van der Waals surface area (Å²) >= 11 is 0. The maximum Gasteiger partial charge on any atom is 0.428 e. The second-order valence-corrected chi connectivity index (χ2v) is 9.42. The molecule has 0 radical (unpaired) electrons. The second-order valence-electron chi connectivity index (χ2n) is 7.66. The maximum absolute atomic E-state index is 16.1. The highest BCUT2D eigenvalue weighted by molar-refractivity contribution is 7.93. The molecule has 0 bridgehead atoms. The summed E-state index contributed by atoms with van der Waals surface area (Å²) in [6.45, 7) is 3.45.